The lowest BCUT2D eigenvalue weighted by molar-refractivity contribution is 0.422. The summed E-state index contributed by atoms with van der Waals surface area (Å²) in [5.41, 5.74) is 3.06. The molecule has 100 valence electrons. The second kappa shape index (κ2) is 4.93. The number of para-hydroxylation sites is 1. The van der Waals surface area contributed by atoms with Gasteiger partial charge in [-0.2, -0.15) is 0 Å². The molecule has 0 bridgehead atoms. The zero-order chi connectivity index (χ0) is 13.3. The molecule has 2 atom stereocenters. The summed E-state index contributed by atoms with van der Waals surface area (Å²) in [6, 6.07) is 9.98. The summed E-state index contributed by atoms with van der Waals surface area (Å²) in [4.78, 5) is 2.56. The summed E-state index contributed by atoms with van der Waals surface area (Å²) in [5.74, 6) is 0. The number of hydrogen-bond donors (Lipinski definition) is 1. The van der Waals surface area contributed by atoms with Gasteiger partial charge in [0.25, 0.3) is 0 Å². The maximum absolute atomic E-state index is 3.55. The van der Waals surface area contributed by atoms with E-state index in [1.54, 1.807) is 0 Å². The molecule has 2 heteroatoms. The van der Waals surface area contributed by atoms with E-state index in [0.29, 0.717) is 12.1 Å². The predicted molar refractivity (Wildman–Crippen MR) is 79.4 cm³/mol. The normalized spacial score (nSPS) is 25.3. The SMILES string of the molecule is CC1CN(c2ccccc2C(C)(C)C)C(C)CN1. The van der Waals surface area contributed by atoms with Gasteiger partial charge in [-0.15, -0.1) is 0 Å². The molecular formula is C16H26N2. The lowest BCUT2D eigenvalue weighted by atomic mass is 9.85. The molecule has 0 amide bonds. The molecule has 0 aliphatic carbocycles. The minimum Gasteiger partial charge on any atom is -0.366 e. The van der Waals surface area contributed by atoms with Gasteiger partial charge in [0, 0.05) is 30.9 Å². The van der Waals surface area contributed by atoms with E-state index in [0.717, 1.165) is 13.1 Å². The number of piperazine rings is 1. The predicted octanol–water partition coefficient (Wildman–Crippen LogP) is 3.17. The van der Waals surface area contributed by atoms with Crippen LogP contribution in [-0.2, 0) is 5.41 Å². The van der Waals surface area contributed by atoms with Gasteiger partial charge in [-0.1, -0.05) is 39.0 Å². The van der Waals surface area contributed by atoms with Crippen LogP contribution in [0, 0.1) is 0 Å². The monoisotopic (exact) mass is 246 g/mol. The van der Waals surface area contributed by atoms with E-state index in [1.807, 2.05) is 0 Å². The van der Waals surface area contributed by atoms with Gasteiger partial charge in [0.15, 0.2) is 0 Å². The number of rotatable bonds is 1. The summed E-state index contributed by atoms with van der Waals surface area (Å²) in [5, 5.41) is 3.55. The fourth-order valence-corrected chi connectivity index (χ4v) is 2.72. The van der Waals surface area contributed by atoms with Crippen molar-refractivity contribution in [2.45, 2.75) is 52.1 Å². The Morgan fingerprint density at radius 2 is 1.83 bits per heavy atom. The van der Waals surface area contributed by atoms with Gasteiger partial charge in [-0.3, -0.25) is 0 Å². The van der Waals surface area contributed by atoms with Gasteiger partial charge in [-0.05, 0) is 30.9 Å². The number of nitrogens with one attached hydrogen (secondary N) is 1. The Bertz CT molecular complexity index is 406. The summed E-state index contributed by atoms with van der Waals surface area (Å²) < 4.78 is 0. The first kappa shape index (κ1) is 13.4. The summed E-state index contributed by atoms with van der Waals surface area (Å²) in [6.07, 6.45) is 0. The van der Waals surface area contributed by atoms with E-state index >= 15 is 0 Å². The van der Waals surface area contributed by atoms with Crippen LogP contribution in [0.2, 0.25) is 0 Å². The van der Waals surface area contributed by atoms with Gasteiger partial charge in [0.05, 0.1) is 0 Å². The molecule has 1 aliphatic heterocycles. The second-order valence-corrected chi connectivity index (χ2v) is 6.58. The quantitative estimate of drug-likeness (QED) is 0.819. The highest BCUT2D eigenvalue weighted by Gasteiger charge is 2.27. The van der Waals surface area contributed by atoms with E-state index in [4.69, 9.17) is 0 Å². The molecule has 0 radical (unpaired) electrons. The van der Waals surface area contributed by atoms with Crippen LogP contribution < -0.4 is 10.2 Å². The van der Waals surface area contributed by atoms with Gasteiger partial charge < -0.3 is 10.2 Å². The van der Waals surface area contributed by atoms with Crippen molar-refractivity contribution in [1.29, 1.82) is 0 Å². The summed E-state index contributed by atoms with van der Waals surface area (Å²) in [6.45, 7) is 13.6. The highest BCUT2D eigenvalue weighted by atomic mass is 15.2. The van der Waals surface area contributed by atoms with Gasteiger partial charge >= 0.3 is 0 Å². The smallest absolute Gasteiger partial charge is 0.0407 e. The van der Waals surface area contributed by atoms with Crippen LogP contribution in [0.1, 0.15) is 40.2 Å². The Morgan fingerprint density at radius 1 is 1.17 bits per heavy atom. The molecule has 1 aromatic rings. The van der Waals surface area contributed by atoms with Crippen LogP contribution in [0.15, 0.2) is 24.3 Å². The van der Waals surface area contributed by atoms with Crippen LogP contribution in [-0.4, -0.2) is 25.2 Å². The van der Waals surface area contributed by atoms with Crippen molar-refractivity contribution in [3.8, 4) is 0 Å². The van der Waals surface area contributed by atoms with Crippen molar-refractivity contribution in [3.05, 3.63) is 29.8 Å². The van der Waals surface area contributed by atoms with E-state index in [1.165, 1.54) is 11.3 Å². The first-order chi connectivity index (χ1) is 8.39. The van der Waals surface area contributed by atoms with Crippen LogP contribution in [0.5, 0.6) is 0 Å². The fraction of sp³-hybridized carbons (Fsp3) is 0.625. The molecule has 0 aromatic heterocycles. The average molecular weight is 246 g/mol. The molecule has 2 nitrogen and oxygen atoms in total. The van der Waals surface area contributed by atoms with Crippen LogP contribution in [0.3, 0.4) is 0 Å². The van der Waals surface area contributed by atoms with Gasteiger partial charge in [-0.25, -0.2) is 0 Å². The molecule has 1 aliphatic rings. The molecule has 0 saturated carbocycles. The van der Waals surface area contributed by atoms with Gasteiger partial charge in [0.2, 0.25) is 0 Å². The average Bonchev–Trinajstić information content (AvgIpc) is 2.31. The number of anilines is 1. The molecular weight excluding hydrogens is 220 g/mol. The molecule has 18 heavy (non-hydrogen) atoms. The summed E-state index contributed by atoms with van der Waals surface area (Å²) in [7, 11) is 0. The third-order valence-corrected chi connectivity index (χ3v) is 3.79. The molecule has 1 aromatic carbocycles. The lowest BCUT2D eigenvalue weighted by Crippen LogP contribution is -2.54. The second-order valence-electron chi connectivity index (χ2n) is 6.58. The maximum Gasteiger partial charge on any atom is 0.0407 e. The third kappa shape index (κ3) is 2.69. The fourth-order valence-electron chi connectivity index (χ4n) is 2.72. The minimum absolute atomic E-state index is 0.199. The number of hydrogen-bond acceptors (Lipinski definition) is 2. The zero-order valence-electron chi connectivity index (χ0n) is 12.3. The lowest BCUT2D eigenvalue weighted by Gasteiger charge is -2.41. The van der Waals surface area contributed by atoms with Crippen LogP contribution >= 0.6 is 0 Å². The summed E-state index contributed by atoms with van der Waals surface area (Å²) >= 11 is 0. The molecule has 1 saturated heterocycles. The third-order valence-electron chi connectivity index (χ3n) is 3.79. The molecule has 2 rings (SSSR count). The van der Waals surface area contributed by atoms with Crippen LogP contribution in [0.4, 0.5) is 5.69 Å². The topological polar surface area (TPSA) is 15.3 Å². The Morgan fingerprint density at radius 3 is 2.50 bits per heavy atom. The van der Waals surface area contributed by atoms with Crippen molar-refractivity contribution in [2.24, 2.45) is 0 Å². The first-order valence-corrected chi connectivity index (χ1v) is 6.99. The molecule has 1 fully saturated rings. The highest BCUT2D eigenvalue weighted by Crippen LogP contribution is 2.33. The van der Waals surface area contributed by atoms with Crippen molar-refractivity contribution in [2.75, 3.05) is 18.0 Å². The first-order valence-electron chi connectivity index (χ1n) is 6.99. The van der Waals surface area contributed by atoms with E-state index in [-0.39, 0.29) is 5.41 Å². The standard InChI is InChI=1S/C16H26N2/c1-12-11-18(13(2)10-17-12)15-9-7-6-8-14(15)16(3,4)5/h6-9,12-13,17H,10-11H2,1-5H3. The van der Waals surface area contributed by atoms with Crippen molar-refractivity contribution in [1.82, 2.24) is 5.32 Å². The zero-order valence-corrected chi connectivity index (χ0v) is 12.3. The van der Waals surface area contributed by atoms with E-state index < -0.39 is 0 Å². The molecule has 1 heterocycles. The molecule has 0 spiro atoms. The number of benzene rings is 1. The Kier molecular flexibility index (Phi) is 3.67. The Hall–Kier alpha value is -1.02. The van der Waals surface area contributed by atoms with Crippen molar-refractivity contribution < 1.29 is 0 Å². The molecule has 2 unspecified atom stereocenters. The highest BCUT2D eigenvalue weighted by molar-refractivity contribution is 5.57. The minimum atomic E-state index is 0.199. The molecule has 1 N–H and O–H groups in total. The van der Waals surface area contributed by atoms with Crippen molar-refractivity contribution >= 4 is 5.69 Å². The largest absolute Gasteiger partial charge is 0.366 e. The van der Waals surface area contributed by atoms with E-state index in [2.05, 4.69) is 69.1 Å². The Balaban J connectivity index is 2.38. The van der Waals surface area contributed by atoms with E-state index in [9.17, 15) is 0 Å². The number of nitrogens with zero attached hydrogens (tertiary/aromatic N) is 1. The maximum atomic E-state index is 3.55. The van der Waals surface area contributed by atoms with Crippen molar-refractivity contribution in [3.63, 3.8) is 0 Å². The van der Waals surface area contributed by atoms with Crippen LogP contribution in [0.25, 0.3) is 0 Å². The Labute approximate surface area is 111 Å². The van der Waals surface area contributed by atoms with Gasteiger partial charge in [0.1, 0.15) is 0 Å².